The van der Waals surface area contributed by atoms with E-state index in [-0.39, 0.29) is 95.9 Å². The molecular formula is C14H30I4N2. The number of nitrogens with zero attached hydrogens (tertiary/aromatic N) is 2. The van der Waals surface area contributed by atoms with Gasteiger partial charge in [-0.1, -0.05) is 0 Å². The average Bonchev–Trinajstić information content (AvgIpc) is 3.03. The van der Waals surface area contributed by atoms with Gasteiger partial charge in [-0.15, -0.1) is 95.9 Å². The first-order chi connectivity index (χ1) is 7.93. The lowest BCUT2D eigenvalue weighted by Gasteiger charge is -2.38. The Bertz CT molecular complexity index is 199. The minimum atomic E-state index is 0. The summed E-state index contributed by atoms with van der Waals surface area (Å²) in [6.07, 6.45) is 11.7. The average molecular weight is 734 g/mol. The van der Waals surface area contributed by atoms with Crippen LogP contribution >= 0.6 is 95.9 Å². The van der Waals surface area contributed by atoms with Gasteiger partial charge in [0.15, 0.2) is 0 Å². The van der Waals surface area contributed by atoms with Crippen molar-refractivity contribution in [1.29, 1.82) is 0 Å². The topological polar surface area (TPSA) is 6.48 Å². The lowest BCUT2D eigenvalue weighted by Crippen LogP contribution is -2.42. The van der Waals surface area contributed by atoms with Crippen LogP contribution in [0.4, 0.5) is 0 Å². The van der Waals surface area contributed by atoms with Crippen molar-refractivity contribution in [3.05, 3.63) is 0 Å². The Kier molecular flexibility index (Phi) is 16.5. The van der Waals surface area contributed by atoms with Crippen molar-refractivity contribution in [2.75, 3.05) is 26.2 Å². The fourth-order valence-electron chi connectivity index (χ4n) is 4.00. The molecule has 0 unspecified atom stereocenters. The smallest absolute Gasteiger partial charge is 0.00964 e. The molecule has 3 rings (SSSR count). The molecule has 0 aromatic carbocycles. The number of likely N-dealkylation sites (tertiary alicyclic amines) is 2. The van der Waals surface area contributed by atoms with Gasteiger partial charge in [0, 0.05) is 12.1 Å². The van der Waals surface area contributed by atoms with Crippen molar-refractivity contribution < 1.29 is 0 Å². The summed E-state index contributed by atoms with van der Waals surface area (Å²) >= 11 is 0. The Morgan fingerprint density at radius 3 is 0.950 bits per heavy atom. The van der Waals surface area contributed by atoms with E-state index in [2.05, 4.69) is 9.80 Å². The van der Waals surface area contributed by atoms with Crippen molar-refractivity contribution >= 4 is 95.9 Å². The minimum absolute atomic E-state index is 0. The molecule has 0 radical (unpaired) electrons. The van der Waals surface area contributed by atoms with Gasteiger partial charge >= 0.3 is 0 Å². The largest absolute Gasteiger partial charge is 0.300 e. The highest BCUT2D eigenvalue weighted by atomic mass is 127. The second-order valence-corrected chi connectivity index (χ2v) is 5.95. The zero-order chi connectivity index (χ0) is 10.8. The minimum Gasteiger partial charge on any atom is -0.300 e. The Morgan fingerprint density at radius 2 is 0.700 bits per heavy atom. The SMILES string of the molecule is C1CCN(C2CCC(N3CCCC3)CC2)C1.I.I.I.I. The molecule has 0 atom stereocenters. The Hall–Kier alpha value is 2.84. The lowest BCUT2D eigenvalue weighted by molar-refractivity contribution is 0.123. The van der Waals surface area contributed by atoms with Crippen molar-refractivity contribution in [3.8, 4) is 0 Å². The van der Waals surface area contributed by atoms with Crippen LogP contribution < -0.4 is 0 Å². The van der Waals surface area contributed by atoms with Gasteiger partial charge in [-0.3, -0.25) is 0 Å². The lowest BCUT2D eigenvalue weighted by atomic mass is 9.89. The molecule has 124 valence electrons. The van der Waals surface area contributed by atoms with E-state index in [1.54, 1.807) is 0 Å². The molecule has 1 aliphatic carbocycles. The van der Waals surface area contributed by atoms with E-state index in [0.29, 0.717) is 0 Å². The van der Waals surface area contributed by atoms with E-state index in [0.717, 1.165) is 12.1 Å². The van der Waals surface area contributed by atoms with E-state index in [4.69, 9.17) is 0 Å². The van der Waals surface area contributed by atoms with Gasteiger partial charge in [0.05, 0.1) is 0 Å². The number of hydrogen-bond donors (Lipinski definition) is 0. The van der Waals surface area contributed by atoms with Crippen molar-refractivity contribution in [3.63, 3.8) is 0 Å². The van der Waals surface area contributed by atoms with E-state index >= 15 is 0 Å². The van der Waals surface area contributed by atoms with Crippen molar-refractivity contribution in [1.82, 2.24) is 9.80 Å². The van der Waals surface area contributed by atoms with Crippen molar-refractivity contribution in [2.45, 2.75) is 63.5 Å². The van der Waals surface area contributed by atoms with Crippen molar-refractivity contribution in [2.24, 2.45) is 0 Å². The third kappa shape index (κ3) is 6.76. The molecule has 0 N–H and O–H groups in total. The molecule has 3 aliphatic rings. The van der Waals surface area contributed by atoms with Gasteiger partial charge < -0.3 is 9.80 Å². The van der Waals surface area contributed by atoms with Crippen LogP contribution in [0.25, 0.3) is 0 Å². The first kappa shape index (κ1) is 25.1. The molecule has 2 heterocycles. The zero-order valence-electron chi connectivity index (χ0n) is 12.2. The van der Waals surface area contributed by atoms with Gasteiger partial charge in [-0.05, 0) is 77.5 Å². The summed E-state index contributed by atoms with van der Waals surface area (Å²) in [5.41, 5.74) is 0. The first-order valence-electron chi connectivity index (χ1n) is 7.41. The summed E-state index contributed by atoms with van der Waals surface area (Å²) in [5, 5.41) is 0. The van der Waals surface area contributed by atoms with Gasteiger partial charge in [-0.25, -0.2) is 0 Å². The molecular weight excluding hydrogens is 704 g/mol. The standard InChI is InChI=1S/C14H26N2.4HI/c1-2-10-15(9-1)13-5-7-14(8-6-13)16-11-3-4-12-16;;;;/h13-14H,1-12H2;4*1H. The van der Waals surface area contributed by atoms with Crippen LogP contribution in [0.2, 0.25) is 0 Å². The van der Waals surface area contributed by atoms with E-state index in [1.807, 2.05) is 0 Å². The molecule has 2 nitrogen and oxygen atoms in total. The molecule has 0 bridgehead atoms. The highest BCUT2D eigenvalue weighted by Gasteiger charge is 2.30. The number of rotatable bonds is 2. The Balaban J connectivity index is 0. The monoisotopic (exact) mass is 734 g/mol. The van der Waals surface area contributed by atoms with Crippen LogP contribution in [0.15, 0.2) is 0 Å². The maximum absolute atomic E-state index is 2.76. The zero-order valence-corrected chi connectivity index (χ0v) is 21.5. The van der Waals surface area contributed by atoms with Gasteiger partial charge in [0.25, 0.3) is 0 Å². The maximum Gasteiger partial charge on any atom is 0.00964 e. The maximum atomic E-state index is 2.76. The highest BCUT2D eigenvalue weighted by molar-refractivity contribution is 14.0. The van der Waals surface area contributed by atoms with Crippen LogP contribution in [0, 0.1) is 0 Å². The predicted octanol–water partition coefficient (Wildman–Crippen LogP) is 4.96. The van der Waals surface area contributed by atoms with Crippen LogP contribution in [-0.2, 0) is 0 Å². The molecule has 0 aromatic rings. The molecule has 3 fully saturated rings. The highest BCUT2D eigenvalue weighted by Crippen LogP contribution is 2.30. The fraction of sp³-hybridized carbons (Fsp3) is 1.00. The molecule has 0 aromatic heterocycles. The molecule has 2 saturated heterocycles. The molecule has 0 spiro atoms. The second-order valence-electron chi connectivity index (χ2n) is 5.95. The van der Waals surface area contributed by atoms with Crippen LogP contribution in [-0.4, -0.2) is 48.1 Å². The van der Waals surface area contributed by atoms with Crippen LogP contribution in [0.1, 0.15) is 51.4 Å². The first-order valence-corrected chi connectivity index (χ1v) is 7.41. The van der Waals surface area contributed by atoms with E-state index < -0.39 is 0 Å². The third-order valence-corrected chi connectivity index (χ3v) is 4.98. The van der Waals surface area contributed by atoms with Crippen LogP contribution in [0.3, 0.4) is 0 Å². The Labute approximate surface area is 193 Å². The molecule has 1 saturated carbocycles. The molecule has 2 aliphatic heterocycles. The number of hydrogen-bond acceptors (Lipinski definition) is 2. The predicted molar refractivity (Wildman–Crippen MR) is 129 cm³/mol. The van der Waals surface area contributed by atoms with Gasteiger partial charge in [0.1, 0.15) is 0 Å². The van der Waals surface area contributed by atoms with Gasteiger partial charge in [-0.2, -0.15) is 0 Å². The summed E-state index contributed by atoms with van der Waals surface area (Å²) in [6, 6.07) is 1.89. The summed E-state index contributed by atoms with van der Waals surface area (Å²) in [4.78, 5) is 5.53. The molecule has 6 heteroatoms. The quantitative estimate of drug-likeness (QED) is 0.371. The summed E-state index contributed by atoms with van der Waals surface area (Å²) in [5.74, 6) is 0. The van der Waals surface area contributed by atoms with E-state index in [9.17, 15) is 0 Å². The summed E-state index contributed by atoms with van der Waals surface area (Å²) in [7, 11) is 0. The van der Waals surface area contributed by atoms with E-state index in [1.165, 1.54) is 77.5 Å². The van der Waals surface area contributed by atoms with Gasteiger partial charge in [0.2, 0.25) is 0 Å². The third-order valence-electron chi connectivity index (χ3n) is 4.98. The molecule has 0 amide bonds. The summed E-state index contributed by atoms with van der Waals surface area (Å²) < 4.78 is 0. The summed E-state index contributed by atoms with van der Waals surface area (Å²) in [6.45, 7) is 5.55. The normalized spacial score (nSPS) is 30.6. The fourth-order valence-corrected chi connectivity index (χ4v) is 4.00. The molecule has 20 heavy (non-hydrogen) atoms. The second kappa shape index (κ2) is 13.2. The Morgan fingerprint density at radius 1 is 0.450 bits per heavy atom. The number of halogens is 4. The van der Waals surface area contributed by atoms with Crippen LogP contribution in [0.5, 0.6) is 0 Å².